The largest absolute Gasteiger partial charge is 0.497 e. The molecule has 0 spiro atoms. The lowest BCUT2D eigenvalue weighted by Crippen LogP contribution is -2.50. The van der Waals surface area contributed by atoms with Crippen molar-refractivity contribution in [2.75, 3.05) is 50.1 Å². The molecule has 0 radical (unpaired) electrons. The fourth-order valence-corrected chi connectivity index (χ4v) is 3.18. The number of methoxy groups -OCH3 is 1. The summed E-state index contributed by atoms with van der Waals surface area (Å²) in [5, 5.41) is 3.87. The third kappa shape index (κ3) is 4.41. The second kappa shape index (κ2) is 8.32. The van der Waals surface area contributed by atoms with Gasteiger partial charge in [0.05, 0.1) is 13.7 Å². The minimum absolute atomic E-state index is 0.107. The van der Waals surface area contributed by atoms with Gasteiger partial charge in [0.2, 0.25) is 5.91 Å². The van der Waals surface area contributed by atoms with Crippen LogP contribution in [0, 0.1) is 6.92 Å². The van der Waals surface area contributed by atoms with E-state index in [1.807, 2.05) is 42.2 Å². The van der Waals surface area contributed by atoms with Gasteiger partial charge < -0.3 is 19.9 Å². The van der Waals surface area contributed by atoms with Crippen molar-refractivity contribution in [3.8, 4) is 5.75 Å². The van der Waals surface area contributed by atoms with E-state index in [9.17, 15) is 4.79 Å². The van der Waals surface area contributed by atoms with Crippen LogP contribution in [-0.4, -0.2) is 50.6 Å². The number of carbonyl (C=O) groups is 1. The Labute approximate surface area is 159 Å². The SMILES string of the molecule is COc1ccc(N2CCN(C(=O)CNc3ccc(C)c(Cl)c3)CC2)cc1. The number of aryl methyl sites for hydroxylation is 1. The molecular weight excluding hydrogens is 350 g/mol. The number of halogens is 1. The average Bonchev–Trinajstić information content (AvgIpc) is 2.69. The highest BCUT2D eigenvalue weighted by atomic mass is 35.5. The summed E-state index contributed by atoms with van der Waals surface area (Å²) < 4.78 is 5.20. The minimum atomic E-state index is 0.107. The predicted octanol–water partition coefficient (Wildman–Crippen LogP) is 3.42. The molecular formula is C20H24ClN3O2. The van der Waals surface area contributed by atoms with Crippen molar-refractivity contribution < 1.29 is 9.53 Å². The Balaban J connectivity index is 1.49. The van der Waals surface area contributed by atoms with Gasteiger partial charge >= 0.3 is 0 Å². The van der Waals surface area contributed by atoms with Crippen LogP contribution >= 0.6 is 11.6 Å². The number of amides is 1. The molecule has 0 saturated carbocycles. The summed E-state index contributed by atoms with van der Waals surface area (Å²) in [6.45, 7) is 5.34. The monoisotopic (exact) mass is 373 g/mol. The van der Waals surface area contributed by atoms with E-state index in [4.69, 9.17) is 16.3 Å². The molecule has 0 aliphatic carbocycles. The highest BCUT2D eigenvalue weighted by Crippen LogP contribution is 2.21. The van der Waals surface area contributed by atoms with Crippen LogP contribution in [0.5, 0.6) is 5.75 Å². The number of hydrogen-bond acceptors (Lipinski definition) is 4. The Kier molecular flexibility index (Phi) is 5.89. The highest BCUT2D eigenvalue weighted by molar-refractivity contribution is 6.31. The maximum absolute atomic E-state index is 12.4. The number of nitrogens with zero attached hydrogens (tertiary/aromatic N) is 2. The van der Waals surface area contributed by atoms with Crippen LogP contribution in [0.25, 0.3) is 0 Å². The molecule has 1 aliphatic heterocycles. The van der Waals surface area contributed by atoms with Gasteiger partial charge in [0, 0.05) is 42.6 Å². The van der Waals surface area contributed by atoms with Gasteiger partial charge in [-0.15, -0.1) is 0 Å². The number of ether oxygens (including phenoxy) is 1. The predicted molar refractivity (Wildman–Crippen MR) is 106 cm³/mol. The lowest BCUT2D eigenvalue weighted by molar-refractivity contribution is -0.129. The van der Waals surface area contributed by atoms with Gasteiger partial charge in [0.15, 0.2) is 0 Å². The fraction of sp³-hybridized carbons (Fsp3) is 0.350. The van der Waals surface area contributed by atoms with E-state index in [0.29, 0.717) is 5.02 Å². The van der Waals surface area contributed by atoms with E-state index >= 15 is 0 Å². The zero-order chi connectivity index (χ0) is 18.5. The average molecular weight is 374 g/mol. The number of hydrogen-bond donors (Lipinski definition) is 1. The second-order valence-electron chi connectivity index (χ2n) is 6.38. The third-order valence-corrected chi connectivity index (χ3v) is 5.09. The summed E-state index contributed by atoms with van der Waals surface area (Å²) in [6.07, 6.45) is 0. The molecule has 1 amide bonds. The van der Waals surface area contributed by atoms with Crippen LogP contribution in [0.2, 0.25) is 5.02 Å². The number of carbonyl (C=O) groups excluding carboxylic acids is 1. The van der Waals surface area contributed by atoms with Crippen molar-refractivity contribution >= 4 is 28.9 Å². The summed E-state index contributed by atoms with van der Waals surface area (Å²) in [5.41, 5.74) is 3.05. The summed E-state index contributed by atoms with van der Waals surface area (Å²) in [6, 6.07) is 13.8. The Hall–Kier alpha value is -2.40. The van der Waals surface area contributed by atoms with E-state index < -0.39 is 0 Å². The van der Waals surface area contributed by atoms with Crippen molar-refractivity contribution in [2.24, 2.45) is 0 Å². The Morgan fingerprint density at radius 2 is 1.81 bits per heavy atom. The molecule has 0 atom stereocenters. The van der Waals surface area contributed by atoms with Crippen LogP contribution in [0.3, 0.4) is 0 Å². The number of benzene rings is 2. The van der Waals surface area contributed by atoms with Crippen molar-refractivity contribution in [3.63, 3.8) is 0 Å². The van der Waals surface area contributed by atoms with Gasteiger partial charge in [-0.1, -0.05) is 17.7 Å². The van der Waals surface area contributed by atoms with Crippen LogP contribution < -0.4 is 15.0 Å². The first-order valence-electron chi connectivity index (χ1n) is 8.73. The van der Waals surface area contributed by atoms with Gasteiger partial charge in [0.1, 0.15) is 5.75 Å². The van der Waals surface area contributed by atoms with Crippen LogP contribution in [0.15, 0.2) is 42.5 Å². The molecule has 0 aromatic heterocycles. The Morgan fingerprint density at radius 1 is 1.12 bits per heavy atom. The van der Waals surface area contributed by atoms with Gasteiger partial charge in [-0.05, 0) is 48.9 Å². The van der Waals surface area contributed by atoms with Crippen LogP contribution in [0.1, 0.15) is 5.56 Å². The summed E-state index contributed by atoms with van der Waals surface area (Å²) in [4.78, 5) is 16.6. The second-order valence-corrected chi connectivity index (χ2v) is 6.79. The standard InChI is InChI=1S/C20H24ClN3O2/c1-15-3-4-16(13-19(15)21)22-14-20(25)24-11-9-23(10-12-24)17-5-7-18(26-2)8-6-17/h3-8,13,22H,9-12,14H2,1-2H3. The number of rotatable bonds is 5. The van der Waals surface area contributed by atoms with E-state index in [-0.39, 0.29) is 12.5 Å². The van der Waals surface area contributed by atoms with Crippen molar-refractivity contribution in [1.29, 1.82) is 0 Å². The molecule has 5 nitrogen and oxygen atoms in total. The quantitative estimate of drug-likeness (QED) is 0.872. The topological polar surface area (TPSA) is 44.8 Å². The molecule has 26 heavy (non-hydrogen) atoms. The lowest BCUT2D eigenvalue weighted by Gasteiger charge is -2.36. The van der Waals surface area contributed by atoms with Crippen molar-refractivity contribution in [1.82, 2.24) is 4.90 Å². The van der Waals surface area contributed by atoms with Gasteiger partial charge in [0.25, 0.3) is 0 Å². The molecule has 1 saturated heterocycles. The number of piperazine rings is 1. The minimum Gasteiger partial charge on any atom is -0.497 e. The molecule has 6 heteroatoms. The summed E-state index contributed by atoms with van der Waals surface area (Å²) in [7, 11) is 1.66. The zero-order valence-electron chi connectivity index (χ0n) is 15.2. The Morgan fingerprint density at radius 3 is 2.42 bits per heavy atom. The van der Waals surface area contributed by atoms with E-state index in [0.717, 1.165) is 48.9 Å². The molecule has 0 bridgehead atoms. The molecule has 1 aliphatic rings. The smallest absolute Gasteiger partial charge is 0.241 e. The van der Waals surface area contributed by atoms with E-state index in [2.05, 4.69) is 22.3 Å². The van der Waals surface area contributed by atoms with Crippen LogP contribution in [0.4, 0.5) is 11.4 Å². The molecule has 1 N–H and O–H groups in total. The Bertz CT molecular complexity index is 756. The fourth-order valence-electron chi connectivity index (χ4n) is 3.00. The van der Waals surface area contributed by atoms with Crippen molar-refractivity contribution in [2.45, 2.75) is 6.92 Å². The molecule has 1 fully saturated rings. The number of nitrogens with one attached hydrogen (secondary N) is 1. The normalized spacial score (nSPS) is 14.3. The molecule has 0 unspecified atom stereocenters. The lowest BCUT2D eigenvalue weighted by atomic mass is 10.2. The molecule has 1 heterocycles. The molecule has 2 aromatic rings. The third-order valence-electron chi connectivity index (χ3n) is 4.69. The summed E-state index contributed by atoms with van der Waals surface area (Å²) in [5.74, 6) is 0.959. The van der Waals surface area contributed by atoms with Gasteiger partial charge in [-0.25, -0.2) is 0 Å². The van der Waals surface area contributed by atoms with Crippen molar-refractivity contribution in [3.05, 3.63) is 53.1 Å². The van der Waals surface area contributed by atoms with Crippen LogP contribution in [-0.2, 0) is 4.79 Å². The zero-order valence-corrected chi connectivity index (χ0v) is 15.9. The maximum atomic E-state index is 12.4. The number of anilines is 2. The molecule has 3 rings (SSSR count). The first kappa shape index (κ1) is 18.4. The van der Waals surface area contributed by atoms with Gasteiger partial charge in [-0.2, -0.15) is 0 Å². The highest BCUT2D eigenvalue weighted by Gasteiger charge is 2.21. The first-order chi connectivity index (χ1) is 12.6. The maximum Gasteiger partial charge on any atom is 0.241 e. The first-order valence-corrected chi connectivity index (χ1v) is 9.11. The molecule has 138 valence electrons. The van der Waals surface area contributed by atoms with E-state index in [1.54, 1.807) is 7.11 Å². The van der Waals surface area contributed by atoms with Gasteiger partial charge in [-0.3, -0.25) is 4.79 Å². The van der Waals surface area contributed by atoms with E-state index in [1.165, 1.54) is 0 Å². The summed E-state index contributed by atoms with van der Waals surface area (Å²) >= 11 is 6.12. The molecule has 2 aromatic carbocycles.